The van der Waals surface area contributed by atoms with Crippen LogP contribution in [0.3, 0.4) is 0 Å². The van der Waals surface area contributed by atoms with Gasteiger partial charge in [-0.2, -0.15) is 4.98 Å². The molecule has 1 rings (SSSR count). The number of hydrogen-bond donors (Lipinski definition) is 0. The molecule has 0 radical (unpaired) electrons. The van der Waals surface area contributed by atoms with Crippen LogP contribution in [0, 0.1) is 0 Å². The highest BCUT2D eigenvalue weighted by Gasteiger charge is 2.15. The number of carbonyl (C=O) groups excluding carboxylic acids is 1. The monoisotopic (exact) mass is 185 g/mol. The van der Waals surface area contributed by atoms with E-state index in [1.165, 1.54) is 0 Å². The second kappa shape index (κ2) is 3.88. The smallest absolute Gasteiger partial charge is 0.380 e. The van der Waals surface area contributed by atoms with Crippen molar-refractivity contribution in [3.8, 4) is 0 Å². The maximum Gasteiger partial charge on any atom is 0.380 e. The van der Waals surface area contributed by atoms with Crippen LogP contribution >= 0.6 is 0 Å². The third kappa shape index (κ3) is 2.17. The first-order valence-electron chi connectivity index (χ1n) is 3.83. The Hall–Kier alpha value is -1.59. The summed E-state index contributed by atoms with van der Waals surface area (Å²) in [6.45, 7) is 2.01. The van der Waals surface area contributed by atoms with Crippen LogP contribution in [0.15, 0.2) is 4.52 Å². The number of nitrogens with zero attached hydrogens (tertiary/aromatic N) is 3. The van der Waals surface area contributed by atoms with E-state index in [0.717, 1.165) is 0 Å². The first-order chi connectivity index (χ1) is 6.15. The highest BCUT2D eigenvalue weighted by Crippen LogP contribution is 2.06. The summed E-state index contributed by atoms with van der Waals surface area (Å²) in [5, 5.41) is 3.45. The Morgan fingerprint density at radius 3 is 2.77 bits per heavy atom. The fraction of sp³-hybridized carbons (Fsp3) is 0.571. The molecule has 0 fully saturated rings. The average molecular weight is 185 g/mol. The van der Waals surface area contributed by atoms with Crippen molar-refractivity contribution in [1.29, 1.82) is 0 Å². The van der Waals surface area contributed by atoms with E-state index in [1.807, 2.05) is 0 Å². The van der Waals surface area contributed by atoms with Crippen LogP contribution in [-0.2, 0) is 4.74 Å². The van der Waals surface area contributed by atoms with Gasteiger partial charge in [-0.1, -0.05) is 0 Å². The molecule has 6 heteroatoms. The van der Waals surface area contributed by atoms with E-state index in [2.05, 4.69) is 14.9 Å². The lowest BCUT2D eigenvalue weighted by Gasteiger charge is -2.01. The Balaban J connectivity index is 2.73. The molecule has 0 aliphatic carbocycles. The molecule has 0 atom stereocenters. The molecule has 0 bridgehead atoms. The van der Waals surface area contributed by atoms with Gasteiger partial charge in [0, 0.05) is 14.1 Å². The van der Waals surface area contributed by atoms with Gasteiger partial charge in [0.25, 0.3) is 5.82 Å². The molecule has 0 aromatic carbocycles. The standard InChI is InChI=1S/C7H11N3O3/c1-4-12-6(11)5-8-7(10(2)3)13-9-5/h4H2,1-3H3. The van der Waals surface area contributed by atoms with E-state index >= 15 is 0 Å². The second-order valence-corrected chi connectivity index (χ2v) is 2.52. The molecule has 0 spiro atoms. The zero-order chi connectivity index (χ0) is 9.84. The lowest BCUT2D eigenvalue weighted by molar-refractivity contribution is 0.0508. The molecule has 1 aromatic heterocycles. The van der Waals surface area contributed by atoms with Crippen LogP contribution in [0.2, 0.25) is 0 Å². The van der Waals surface area contributed by atoms with Crippen LogP contribution in [0.1, 0.15) is 17.5 Å². The molecule has 0 N–H and O–H groups in total. The van der Waals surface area contributed by atoms with Gasteiger partial charge in [-0.15, -0.1) is 0 Å². The first kappa shape index (κ1) is 9.50. The largest absolute Gasteiger partial charge is 0.460 e. The van der Waals surface area contributed by atoms with E-state index < -0.39 is 5.97 Å². The normalized spacial score (nSPS) is 9.77. The Bertz CT molecular complexity index is 295. The predicted octanol–water partition coefficient (Wildman–Crippen LogP) is 0.312. The van der Waals surface area contributed by atoms with Crippen molar-refractivity contribution in [2.24, 2.45) is 0 Å². The van der Waals surface area contributed by atoms with E-state index in [1.54, 1.807) is 25.9 Å². The number of carbonyl (C=O) groups is 1. The summed E-state index contributed by atoms with van der Waals surface area (Å²) < 4.78 is 9.44. The van der Waals surface area contributed by atoms with Crippen LogP contribution in [0.4, 0.5) is 6.01 Å². The molecule has 0 aliphatic heterocycles. The van der Waals surface area contributed by atoms with Crippen molar-refractivity contribution in [2.75, 3.05) is 25.6 Å². The Labute approximate surface area is 75.5 Å². The zero-order valence-corrected chi connectivity index (χ0v) is 7.77. The van der Waals surface area contributed by atoms with E-state index in [-0.39, 0.29) is 11.8 Å². The van der Waals surface area contributed by atoms with Gasteiger partial charge in [0.2, 0.25) is 0 Å². The van der Waals surface area contributed by atoms with Gasteiger partial charge in [-0.3, -0.25) is 0 Å². The molecule has 0 amide bonds. The van der Waals surface area contributed by atoms with Crippen molar-refractivity contribution in [2.45, 2.75) is 6.92 Å². The van der Waals surface area contributed by atoms with Crippen molar-refractivity contribution >= 4 is 12.0 Å². The van der Waals surface area contributed by atoms with Crippen molar-refractivity contribution in [1.82, 2.24) is 10.1 Å². The quantitative estimate of drug-likeness (QED) is 0.631. The number of anilines is 1. The summed E-state index contributed by atoms with van der Waals surface area (Å²) in [7, 11) is 3.48. The summed E-state index contributed by atoms with van der Waals surface area (Å²) in [6, 6.07) is 0.281. The SMILES string of the molecule is CCOC(=O)c1noc(N(C)C)n1. The van der Waals surface area contributed by atoms with Gasteiger partial charge < -0.3 is 14.2 Å². The number of aromatic nitrogens is 2. The first-order valence-corrected chi connectivity index (χ1v) is 3.83. The summed E-state index contributed by atoms with van der Waals surface area (Å²) in [5.41, 5.74) is 0. The van der Waals surface area contributed by atoms with Crippen molar-refractivity contribution in [3.63, 3.8) is 0 Å². The molecule has 72 valence electrons. The van der Waals surface area contributed by atoms with Gasteiger partial charge in [-0.25, -0.2) is 4.79 Å². The molecule has 0 unspecified atom stereocenters. The molecule has 0 saturated heterocycles. The molecule has 6 nitrogen and oxygen atoms in total. The van der Waals surface area contributed by atoms with E-state index in [9.17, 15) is 4.79 Å². The van der Waals surface area contributed by atoms with Crippen LogP contribution < -0.4 is 4.90 Å². The second-order valence-electron chi connectivity index (χ2n) is 2.52. The molecule has 13 heavy (non-hydrogen) atoms. The van der Waals surface area contributed by atoms with Crippen LogP contribution in [0.25, 0.3) is 0 Å². The minimum atomic E-state index is -0.570. The third-order valence-corrected chi connectivity index (χ3v) is 1.26. The summed E-state index contributed by atoms with van der Waals surface area (Å²) >= 11 is 0. The van der Waals surface area contributed by atoms with Crippen molar-refractivity contribution < 1.29 is 14.1 Å². The Kier molecular flexibility index (Phi) is 2.84. The number of rotatable bonds is 3. The third-order valence-electron chi connectivity index (χ3n) is 1.26. The summed E-state index contributed by atoms with van der Waals surface area (Å²) in [5.74, 6) is -0.620. The maximum atomic E-state index is 11.1. The fourth-order valence-corrected chi connectivity index (χ4v) is 0.676. The lowest BCUT2D eigenvalue weighted by Crippen LogP contribution is -2.10. The van der Waals surface area contributed by atoms with Crippen LogP contribution in [0.5, 0.6) is 0 Å². The number of ether oxygens (including phenoxy) is 1. The minimum Gasteiger partial charge on any atom is -0.460 e. The Morgan fingerprint density at radius 2 is 2.31 bits per heavy atom. The van der Waals surface area contributed by atoms with Crippen molar-refractivity contribution in [3.05, 3.63) is 5.82 Å². The topological polar surface area (TPSA) is 68.5 Å². The lowest BCUT2D eigenvalue weighted by atomic mass is 10.6. The zero-order valence-electron chi connectivity index (χ0n) is 7.77. The van der Waals surface area contributed by atoms with E-state index in [0.29, 0.717) is 6.61 Å². The minimum absolute atomic E-state index is 0.0504. The molecule has 1 heterocycles. The molecule has 0 saturated carbocycles. The summed E-state index contributed by atoms with van der Waals surface area (Å²) in [4.78, 5) is 16.5. The van der Waals surface area contributed by atoms with Gasteiger partial charge in [0.05, 0.1) is 6.61 Å². The summed E-state index contributed by atoms with van der Waals surface area (Å²) in [6.07, 6.45) is 0. The highest BCUT2D eigenvalue weighted by molar-refractivity contribution is 5.85. The van der Waals surface area contributed by atoms with Gasteiger partial charge in [-0.05, 0) is 12.1 Å². The van der Waals surface area contributed by atoms with Crippen LogP contribution in [-0.4, -0.2) is 36.8 Å². The average Bonchev–Trinajstić information content (AvgIpc) is 2.52. The Morgan fingerprint density at radius 1 is 1.62 bits per heavy atom. The molecule has 0 aliphatic rings. The van der Waals surface area contributed by atoms with Gasteiger partial charge in [0.1, 0.15) is 0 Å². The van der Waals surface area contributed by atoms with E-state index in [4.69, 9.17) is 4.52 Å². The number of hydrogen-bond acceptors (Lipinski definition) is 6. The molecular formula is C7H11N3O3. The number of esters is 1. The maximum absolute atomic E-state index is 11.1. The molecular weight excluding hydrogens is 174 g/mol. The fourth-order valence-electron chi connectivity index (χ4n) is 0.676. The van der Waals surface area contributed by atoms with Gasteiger partial charge in [0.15, 0.2) is 0 Å². The predicted molar refractivity (Wildman–Crippen MR) is 44.6 cm³/mol. The molecule has 1 aromatic rings. The van der Waals surface area contributed by atoms with Gasteiger partial charge >= 0.3 is 12.0 Å². The highest BCUT2D eigenvalue weighted by atomic mass is 16.5.